The minimum atomic E-state index is 0. The molecular weight excluding hydrogens is 144 g/mol. The summed E-state index contributed by atoms with van der Waals surface area (Å²) in [6, 6.07) is 0. The molecule has 0 saturated heterocycles. The number of thiol groups is 1. The maximum atomic E-state index is 2.24. The molecule has 0 aromatic carbocycles. The molecule has 9 heavy (non-hydrogen) atoms. The highest BCUT2D eigenvalue weighted by molar-refractivity contribution is 7.78. The summed E-state index contributed by atoms with van der Waals surface area (Å²) in [5.41, 5.74) is 0. The van der Waals surface area contributed by atoms with Crippen LogP contribution in [0.3, 0.4) is 0 Å². The SMILES string of the molecule is CCC[SH+]CCC.[Mg].[OH-]. The molecule has 0 aliphatic rings. The van der Waals surface area contributed by atoms with E-state index in [9.17, 15) is 0 Å². The van der Waals surface area contributed by atoms with Crippen LogP contribution in [0.15, 0.2) is 0 Å². The Morgan fingerprint density at radius 2 is 1.33 bits per heavy atom. The lowest BCUT2D eigenvalue weighted by Crippen LogP contribution is -1.90. The summed E-state index contributed by atoms with van der Waals surface area (Å²) in [4.78, 5) is 0. The van der Waals surface area contributed by atoms with Gasteiger partial charge in [-0.2, -0.15) is 0 Å². The molecule has 0 aromatic rings. The third kappa shape index (κ3) is 17.6. The Balaban J connectivity index is -0.000000180. The van der Waals surface area contributed by atoms with Crippen molar-refractivity contribution >= 4 is 34.8 Å². The minimum absolute atomic E-state index is 0. The van der Waals surface area contributed by atoms with E-state index in [4.69, 9.17) is 0 Å². The molecule has 0 aliphatic heterocycles. The maximum absolute atomic E-state index is 2.24. The van der Waals surface area contributed by atoms with E-state index in [1.54, 1.807) is 11.8 Å². The van der Waals surface area contributed by atoms with E-state index in [1.165, 1.54) is 24.3 Å². The molecule has 54 valence electrons. The summed E-state index contributed by atoms with van der Waals surface area (Å²) in [7, 11) is 0. The zero-order valence-electron chi connectivity index (χ0n) is 6.43. The normalized spacial score (nSPS) is 7.33. The second-order valence-corrected chi connectivity index (χ2v) is 3.01. The Morgan fingerprint density at radius 3 is 1.56 bits per heavy atom. The van der Waals surface area contributed by atoms with Crippen molar-refractivity contribution in [2.45, 2.75) is 26.7 Å². The van der Waals surface area contributed by atoms with Gasteiger partial charge in [-0.05, 0) is 24.6 Å². The van der Waals surface area contributed by atoms with Crippen LogP contribution in [-0.2, 0) is 11.8 Å². The topological polar surface area (TPSA) is 30.0 Å². The van der Waals surface area contributed by atoms with E-state index in [1.807, 2.05) is 0 Å². The van der Waals surface area contributed by atoms with Gasteiger partial charge in [-0.25, -0.2) is 0 Å². The molecule has 0 saturated carbocycles. The van der Waals surface area contributed by atoms with Crippen molar-refractivity contribution in [1.29, 1.82) is 0 Å². The minimum Gasteiger partial charge on any atom is -0.870 e. The fourth-order valence-electron chi connectivity index (χ4n) is 0.428. The third-order valence-corrected chi connectivity index (χ3v) is 2.29. The molecule has 0 amide bonds. The van der Waals surface area contributed by atoms with Gasteiger partial charge in [-0.1, -0.05) is 13.8 Å². The van der Waals surface area contributed by atoms with Crippen molar-refractivity contribution < 1.29 is 5.48 Å². The van der Waals surface area contributed by atoms with Crippen LogP contribution in [-0.4, -0.2) is 40.0 Å². The van der Waals surface area contributed by atoms with E-state index in [0.717, 1.165) is 0 Å². The van der Waals surface area contributed by atoms with E-state index in [2.05, 4.69) is 13.8 Å². The van der Waals surface area contributed by atoms with Crippen LogP contribution in [0.2, 0.25) is 0 Å². The molecule has 0 aromatic heterocycles. The Bertz CT molecular complexity index is 32.2. The molecule has 0 atom stereocenters. The van der Waals surface area contributed by atoms with Gasteiger partial charge in [0, 0.05) is 23.1 Å². The summed E-state index contributed by atoms with van der Waals surface area (Å²) < 4.78 is 0. The van der Waals surface area contributed by atoms with Crippen molar-refractivity contribution in [3.05, 3.63) is 0 Å². The smallest absolute Gasteiger partial charge is 0.105 e. The molecule has 0 unspecified atom stereocenters. The summed E-state index contributed by atoms with van der Waals surface area (Å²) >= 11 is 1.64. The number of hydrogen-bond donors (Lipinski definition) is 0. The molecule has 0 spiro atoms. The van der Waals surface area contributed by atoms with Gasteiger partial charge >= 0.3 is 0 Å². The van der Waals surface area contributed by atoms with Crippen LogP contribution in [0.25, 0.3) is 0 Å². The summed E-state index contributed by atoms with van der Waals surface area (Å²) in [6.07, 6.45) is 2.70. The first-order chi connectivity index (χ1) is 3.41. The monoisotopic (exact) mass is 160 g/mol. The molecule has 2 radical (unpaired) electrons. The predicted octanol–water partition coefficient (Wildman–Crippen LogP) is 1.06. The Morgan fingerprint density at radius 1 is 1.00 bits per heavy atom. The lowest BCUT2D eigenvalue weighted by atomic mass is 10.6. The van der Waals surface area contributed by atoms with Gasteiger partial charge in [0.15, 0.2) is 0 Å². The zero-order chi connectivity index (χ0) is 5.54. The van der Waals surface area contributed by atoms with Gasteiger partial charge in [0.2, 0.25) is 0 Å². The molecule has 0 aliphatic carbocycles. The first-order valence-corrected chi connectivity index (χ1v) is 4.31. The lowest BCUT2D eigenvalue weighted by Gasteiger charge is -1.82. The highest BCUT2D eigenvalue weighted by atomic mass is 32.2. The van der Waals surface area contributed by atoms with Crippen molar-refractivity contribution in [3.8, 4) is 0 Å². The highest BCUT2D eigenvalue weighted by Crippen LogP contribution is 1.82. The van der Waals surface area contributed by atoms with Crippen molar-refractivity contribution in [2.75, 3.05) is 11.5 Å². The third-order valence-electron chi connectivity index (χ3n) is 0.763. The summed E-state index contributed by atoms with van der Waals surface area (Å²) in [5, 5.41) is 0. The Labute approximate surface area is 78.4 Å². The summed E-state index contributed by atoms with van der Waals surface area (Å²) in [6.45, 7) is 4.48. The van der Waals surface area contributed by atoms with Gasteiger partial charge < -0.3 is 5.48 Å². The fourth-order valence-corrected chi connectivity index (χ4v) is 1.28. The van der Waals surface area contributed by atoms with Crippen molar-refractivity contribution in [3.63, 3.8) is 0 Å². The standard InChI is InChI=1S/C6H14S.Mg.H2O/c1-3-5-7-6-4-2;;/h3-6H2,1-2H3;;1H2. The maximum Gasteiger partial charge on any atom is 0.105 e. The van der Waals surface area contributed by atoms with E-state index in [0.29, 0.717) is 0 Å². The average molecular weight is 161 g/mol. The molecule has 1 N–H and O–H groups in total. The molecule has 3 heteroatoms. The molecule has 0 bridgehead atoms. The van der Waals surface area contributed by atoms with Crippen LogP contribution in [0.1, 0.15) is 26.7 Å². The quantitative estimate of drug-likeness (QED) is 0.262. The second kappa shape index (κ2) is 16.0. The second-order valence-electron chi connectivity index (χ2n) is 1.67. The molecule has 0 rings (SSSR count). The molecule has 0 heterocycles. The van der Waals surface area contributed by atoms with Gasteiger partial charge in [-0.15, -0.1) is 0 Å². The largest absolute Gasteiger partial charge is 0.870 e. The van der Waals surface area contributed by atoms with Gasteiger partial charge in [-0.3, -0.25) is 0 Å². The highest BCUT2D eigenvalue weighted by Gasteiger charge is 1.88. The zero-order valence-corrected chi connectivity index (χ0v) is 8.74. The Kier molecular flexibility index (Phi) is 29.5. The van der Waals surface area contributed by atoms with Gasteiger partial charge in [0.1, 0.15) is 11.5 Å². The fraction of sp³-hybridized carbons (Fsp3) is 1.00. The van der Waals surface area contributed by atoms with Crippen LogP contribution in [0.5, 0.6) is 0 Å². The van der Waals surface area contributed by atoms with E-state index in [-0.39, 0.29) is 28.5 Å². The van der Waals surface area contributed by atoms with Crippen LogP contribution in [0.4, 0.5) is 0 Å². The Hall–Kier alpha value is 1.08. The summed E-state index contributed by atoms with van der Waals surface area (Å²) in [5.74, 6) is 2.79. The first-order valence-electron chi connectivity index (χ1n) is 3.05. The van der Waals surface area contributed by atoms with Gasteiger partial charge in [0.25, 0.3) is 0 Å². The van der Waals surface area contributed by atoms with Gasteiger partial charge in [0.05, 0.1) is 0 Å². The van der Waals surface area contributed by atoms with Crippen LogP contribution in [0, 0.1) is 0 Å². The van der Waals surface area contributed by atoms with E-state index >= 15 is 0 Å². The predicted molar refractivity (Wildman–Crippen MR) is 46.8 cm³/mol. The van der Waals surface area contributed by atoms with Crippen LogP contribution >= 0.6 is 0 Å². The van der Waals surface area contributed by atoms with Crippen molar-refractivity contribution in [1.82, 2.24) is 0 Å². The number of hydrogen-bond acceptors (Lipinski definition) is 1. The molecule has 0 fully saturated rings. The lowest BCUT2D eigenvalue weighted by molar-refractivity contribution is 0.824. The molecular formula is C6H16MgOS. The van der Waals surface area contributed by atoms with Crippen LogP contribution < -0.4 is 0 Å². The average Bonchev–Trinajstić information content (AvgIpc) is 1.69. The van der Waals surface area contributed by atoms with E-state index < -0.39 is 0 Å². The number of rotatable bonds is 4. The first kappa shape index (κ1) is 16.6. The molecule has 1 nitrogen and oxygen atoms in total. The van der Waals surface area contributed by atoms with Crippen molar-refractivity contribution in [2.24, 2.45) is 0 Å².